The van der Waals surface area contributed by atoms with Gasteiger partial charge in [0, 0.05) is 36.5 Å². The summed E-state index contributed by atoms with van der Waals surface area (Å²) in [5.74, 6) is 0.0673. The average molecular weight is 324 g/mol. The lowest BCUT2D eigenvalue weighted by Crippen LogP contribution is -2.53. The number of hydrogen-bond acceptors (Lipinski definition) is 2. The van der Waals surface area contributed by atoms with E-state index in [9.17, 15) is 9.18 Å². The first kappa shape index (κ1) is 15.3. The third kappa shape index (κ3) is 2.09. The van der Waals surface area contributed by atoms with Gasteiger partial charge < -0.3 is 4.90 Å². The smallest absolute Gasteiger partial charge is 0.233 e. The van der Waals surface area contributed by atoms with Crippen molar-refractivity contribution in [2.75, 3.05) is 13.1 Å². The van der Waals surface area contributed by atoms with Crippen LogP contribution in [0.2, 0.25) is 0 Å². The molecule has 3 nitrogen and oxygen atoms in total. The standard InChI is InChI=1S/C20H21FN2O/c1-19(2)13-20(19,15-7-3-4-8-16(15)21)18(24)23-11-14(12-23)17-9-5-6-10-22-17/h3-10,14H,11-13H2,1-2H3/t20-/m0/s1. The molecule has 24 heavy (non-hydrogen) atoms. The van der Waals surface area contributed by atoms with Gasteiger partial charge in [-0.25, -0.2) is 4.39 Å². The third-order valence-electron chi connectivity index (χ3n) is 5.71. The summed E-state index contributed by atoms with van der Waals surface area (Å²) in [4.78, 5) is 19.4. The molecule has 2 aromatic rings. The molecule has 1 aliphatic heterocycles. The Bertz CT molecular complexity index is 783. The second-order valence-corrected chi connectivity index (χ2v) is 7.61. The third-order valence-corrected chi connectivity index (χ3v) is 5.71. The highest BCUT2D eigenvalue weighted by molar-refractivity contribution is 5.93. The van der Waals surface area contributed by atoms with Gasteiger partial charge in [-0.15, -0.1) is 0 Å². The highest BCUT2D eigenvalue weighted by atomic mass is 19.1. The van der Waals surface area contributed by atoms with Crippen LogP contribution >= 0.6 is 0 Å². The van der Waals surface area contributed by atoms with Crippen molar-refractivity contribution in [1.82, 2.24) is 9.88 Å². The Balaban J connectivity index is 1.57. The first-order chi connectivity index (χ1) is 11.5. The van der Waals surface area contributed by atoms with E-state index in [-0.39, 0.29) is 23.1 Å². The lowest BCUT2D eigenvalue weighted by atomic mass is 9.84. The van der Waals surface area contributed by atoms with Crippen LogP contribution in [0.5, 0.6) is 0 Å². The van der Waals surface area contributed by atoms with Crippen LogP contribution in [0.3, 0.4) is 0 Å². The van der Waals surface area contributed by atoms with Gasteiger partial charge >= 0.3 is 0 Å². The van der Waals surface area contributed by atoms with Gasteiger partial charge in [0.1, 0.15) is 5.82 Å². The topological polar surface area (TPSA) is 33.2 Å². The van der Waals surface area contributed by atoms with Gasteiger partial charge in [0.15, 0.2) is 0 Å². The number of benzene rings is 1. The van der Waals surface area contributed by atoms with Crippen molar-refractivity contribution in [1.29, 1.82) is 0 Å². The van der Waals surface area contributed by atoms with Crippen molar-refractivity contribution >= 4 is 5.91 Å². The molecule has 2 fully saturated rings. The van der Waals surface area contributed by atoms with Crippen molar-refractivity contribution < 1.29 is 9.18 Å². The fraction of sp³-hybridized carbons (Fsp3) is 0.400. The summed E-state index contributed by atoms with van der Waals surface area (Å²) in [6.45, 7) is 5.44. The van der Waals surface area contributed by atoms with Crippen LogP contribution in [-0.4, -0.2) is 28.9 Å². The zero-order valence-corrected chi connectivity index (χ0v) is 14.0. The predicted octanol–water partition coefficient (Wildman–Crippen LogP) is 3.51. The number of carbonyl (C=O) groups is 1. The van der Waals surface area contributed by atoms with Gasteiger partial charge in [0.25, 0.3) is 0 Å². The lowest BCUT2D eigenvalue weighted by Gasteiger charge is -2.42. The van der Waals surface area contributed by atoms with Gasteiger partial charge in [0.2, 0.25) is 5.91 Å². The molecule has 2 aliphatic rings. The molecule has 124 valence electrons. The maximum absolute atomic E-state index is 14.4. The van der Waals surface area contributed by atoms with Crippen molar-refractivity contribution in [2.45, 2.75) is 31.6 Å². The minimum atomic E-state index is -0.715. The van der Waals surface area contributed by atoms with Gasteiger partial charge in [-0.2, -0.15) is 0 Å². The summed E-state index contributed by atoms with van der Waals surface area (Å²) in [6.07, 6.45) is 2.48. The van der Waals surface area contributed by atoms with Crippen LogP contribution in [0.15, 0.2) is 48.7 Å². The number of pyridine rings is 1. The minimum absolute atomic E-state index is 0.0600. The molecule has 0 radical (unpaired) electrons. The Morgan fingerprint density at radius 3 is 2.42 bits per heavy atom. The molecule has 0 N–H and O–H groups in total. The Hall–Kier alpha value is -2.23. The van der Waals surface area contributed by atoms with E-state index < -0.39 is 5.41 Å². The molecule has 1 aromatic heterocycles. The molecule has 4 heteroatoms. The van der Waals surface area contributed by atoms with E-state index >= 15 is 0 Å². The first-order valence-corrected chi connectivity index (χ1v) is 8.41. The molecule has 0 unspecified atom stereocenters. The normalized spacial score (nSPS) is 25.2. The highest BCUT2D eigenvalue weighted by Gasteiger charge is 2.69. The molecule has 4 rings (SSSR count). The molecular formula is C20H21FN2O. The van der Waals surface area contributed by atoms with Crippen LogP contribution in [-0.2, 0) is 10.2 Å². The number of halogens is 1. The number of amides is 1. The fourth-order valence-corrected chi connectivity index (χ4v) is 4.08. The molecule has 0 spiro atoms. The molecule has 1 aromatic carbocycles. The fourth-order valence-electron chi connectivity index (χ4n) is 4.08. The van der Waals surface area contributed by atoms with E-state index in [0.717, 1.165) is 5.69 Å². The Morgan fingerprint density at radius 2 is 1.83 bits per heavy atom. The van der Waals surface area contributed by atoms with E-state index in [1.807, 2.05) is 43.0 Å². The van der Waals surface area contributed by atoms with E-state index in [1.165, 1.54) is 6.07 Å². The largest absolute Gasteiger partial charge is 0.340 e. The number of hydrogen-bond donors (Lipinski definition) is 0. The maximum atomic E-state index is 14.4. The molecule has 1 aliphatic carbocycles. The molecule has 1 saturated carbocycles. The first-order valence-electron chi connectivity index (χ1n) is 8.41. The summed E-state index contributed by atoms with van der Waals surface area (Å²) in [7, 11) is 0. The van der Waals surface area contributed by atoms with Crippen LogP contribution in [0.4, 0.5) is 4.39 Å². The number of rotatable bonds is 3. The van der Waals surface area contributed by atoms with E-state index in [4.69, 9.17) is 0 Å². The monoisotopic (exact) mass is 324 g/mol. The summed E-state index contributed by atoms with van der Waals surface area (Å²) >= 11 is 0. The maximum Gasteiger partial charge on any atom is 0.233 e. The van der Waals surface area contributed by atoms with Crippen LogP contribution < -0.4 is 0 Å². The second kappa shape index (κ2) is 5.13. The molecule has 1 amide bonds. The molecule has 2 heterocycles. The number of aromatic nitrogens is 1. The van der Waals surface area contributed by atoms with Crippen molar-refractivity contribution in [3.63, 3.8) is 0 Å². The summed E-state index contributed by atoms with van der Waals surface area (Å²) < 4.78 is 14.4. The Morgan fingerprint density at radius 1 is 1.17 bits per heavy atom. The van der Waals surface area contributed by atoms with Crippen LogP contribution in [0.1, 0.15) is 37.4 Å². The van der Waals surface area contributed by atoms with Crippen LogP contribution in [0, 0.1) is 11.2 Å². The molecule has 1 atom stereocenters. The number of carbonyl (C=O) groups excluding carboxylic acids is 1. The highest BCUT2D eigenvalue weighted by Crippen LogP contribution is 2.65. The van der Waals surface area contributed by atoms with E-state index in [2.05, 4.69) is 4.98 Å². The molecular weight excluding hydrogens is 303 g/mol. The van der Waals surface area contributed by atoms with Crippen molar-refractivity contribution in [2.24, 2.45) is 5.41 Å². The van der Waals surface area contributed by atoms with Gasteiger partial charge in [-0.05, 0) is 30.0 Å². The summed E-state index contributed by atoms with van der Waals surface area (Å²) in [6, 6.07) is 12.6. The average Bonchev–Trinajstić information content (AvgIpc) is 3.11. The van der Waals surface area contributed by atoms with E-state index in [1.54, 1.807) is 18.3 Å². The van der Waals surface area contributed by atoms with Crippen LogP contribution in [0.25, 0.3) is 0 Å². The molecule has 1 saturated heterocycles. The van der Waals surface area contributed by atoms with Gasteiger partial charge in [-0.1, -0.05) is 38.1 Å². The lowest BCUT2D eigenvalue weighted by molar-refractivity contribution is -0.139. The molecule has 0 bridgehead atoms. The number of likely N-dealkylation sites (tertiary alicyclic amines) is 1. The Labute approximate surface area is 141 Å². The van der Waals surface area contributed by atoms with Gasteiger partial charge in [-0.3, -0.25) is 9.78 Å². The van der Waals surface area contributed by atoms with E-state index in [0.29, 0.717) is 25.1 Å². The Kier molecular flexibility index (Phi) is 3.27. The summed E-state index contributed by atoms with van der Waals surface area (Å²) in [5.41, 5.74) is 0.647. The van der Waals surface area contributed by atoms with Gasteiger partial charge in [0.05, 0.1) is 5.41 Å². The minimum Gasteiger partial charge on any atom is -0.340 e. The predicted molar refractivity (Wildman–Crippen MR) is 90.0 cm³/mol. The zero-order valence-electron chi connectivity index (χ0n) is 14.0. The number of nitrogens with zero attached hydrogens (tertiary/aromatic N) is 2. The second-order valence-electron chi connectivity index (χ2n) is 7.61. The quantitative estimate of drug-likeness (QED) is 0.865. The zero-order chi connectivity index (χ0) is 16.9. The van der Waals surface area contributed by atoms with Crippen molar-refractivity contribution in [3.05, 3.63) is 65.7 Å². The van der Waals surface area contributed by atoms with Crippen molar-refractivity contribution in [3.8, 4) is 0 Å². The SMILES string of the molecule is CC1(C)C[C@@]1(C(=O)N1CC(c2ccccn2)C1)c1ccccc1F. The summed E-state index contributed by atoms with van der Waals surface area (Å²) in [5, 5.41) is 0.